The molecule has 0 aliphatic heterocycles. The smallest absolute Gasteiger partial charge is 0.449 e. The van der Waals surface area contributed by atoms with Gasteiger partial charge in [0.05, 0.1) is 0 Å². The molecule has 9 heavy (non-hydrogen) atoms. The highest BCUT2D eigenvalue weighted by molar-refractivity contribution is 7.03. The molecule has 0 atom stereocenters. The number of rotatable bonds is 1. The van der Waals surface area contributed by atoms with Gasteiger partial charge in [0.25, 0.3) is 0 Å². The summed E-state index contributed by atoms with van der Waals surface area (Å²) in [5.74, 6) is 0.132. The average Bonchev–Trinajstić information content (AvgIpc) is 2.15. The van der Waals surface area contributed by atoms with Crippen molar-refractivity contribution in [2.24, 2.45) is 0 Å². The van der Waals surface area contributed by atoms with Crippen LogP contribution in [0.4, 0.5) is 4.79 Å². The van der Waals surface area contributed by atoms with Crippen molar-refractivity contribution in [3.63, 3.8) is 0 Å². The molecule has 1 rings (SSSR count). The van der Waals surface area contributed by atoms with Crippen molar-refractivity contribution in [3.05, 3.63) is 11.4 Å². The van der Waals surface area contributed by atoms with Crippen molar-refractivity contribution in [3.8, 4) is 5.88 Å². The Kier molecular flexibility index (Phi) is 1.64. The van der Waals surface area contributed by atoms with E-state index in [1.54, 1.807) is 5.38 Å². The maximum Gasteiger partial charge on any atom is 0.512 e. The zero-order chi connectivity index (χ0) is 6.69. The monoisotopic (exact) mass is 145 g/mol. The Hall–Kier alpha value is -1.10. The third-order valence-electron chi connectivity index (χ3n) is 0.606. The molecule has 0 unspecified atom stereocenters. The van der Waals surface area contributed by atoms with Crippen LogP contribution in [0.5, 0.6) is 5.88 Å². The second kappa shape index (κ2) is 2.45. The molecule has 0 saturated heterocycles. The number of hydrogen-bond acceptors (Lipinski definition) is 4. The van der Waals surface area contributed by atoms with Gasteiger partial charge in [-0.2, -0.15) is 4.37 Å². The Morgan fingerprint density at radius 3 is 3.11 bits per heavy atom. The molecule has 0 aromatic carbocycles. The van der Waals surface area contributed by atoms with Crippen molar-refractivity contribution in [2.75, 3.05) is 0 Å². The number of aromatic nitrogens is 1. The maximum absolute atomic E-state index is 9.81. The van der Waals surface area contributed by atoms with Crippen molar-refractivity contribution >= 4 is 17.7 Å². The van der Waals surface area contributed by atoms with Crippen LogP contribution in [0.25, 0.3) is 0 Å². The van der Waals surface area contributed by atoms with E-state index in [0.29, 0.717) is 0 Å². The number of nitrogens with zero attached hydrogens (tertiary/aromatic N) is 1. The van der Waals surface area contributed by atoms with E-state index in [4.69, 9.17) is 5.11 Å². The summed E-state index contributed by atoms with van der Waals surface area (Å²) in [6.45, 7) is 0. The Bertz CT molecular complexity index is 196. The van der Waals surface area contributed by atoms with Gasteiger partial charge in [0, 0.05) is 11.4 Å². The van der Waals surface area contributed by atoms with Crippen LogP contribution >= 0.6 is 11.5 Å². The molecule has 48 valence electrons. The third-order valence-corrected chi connectivity index (χ3v) is 1.15. The van der Waals surface area contributed by atoms with Gasteiger partial charge in [0.1, 0.15) is 0 Å². The van der Waals surface area contributed by atoms with E-state index in [1.807, 2.05) is 0 Å². The summed E-state index contributed by atoms with van der Waals surface area (Å²) in [5.41, 5.74) is 0. The molecule has 4 nitrogen and oxygen atoms in total. The molecule has 0 radical (unpaired) electrons. The lowest BCUT2D eigenvalue weighted by molar-refractivity contribution is 0.143. The molecule has 0 aliphatic rings. The topological polar surface area (TPSA) is 59.4 Å². The zero-order valence-corrected chi connectivity index (χ0v) is 5.09. The first-order valence-corrected chi connectivity index (χ1v) is 2.94. The van der Waals surface area contributed by atoms with Gasteiger partial charge >= 0.3 is 6.16 Å². The van der Waals surface area contributed by atoms with Crippen LogP contribution in [-0.2, 0) is 0 Å². The Balaban J connectivity index is 2.58. The van der Waals surface area contributed by atoms with Crippen molar-refractivity contribution < 1.29 is 14.6 Å². The highest BCUT2D eigenvalue weighted by Gasteiger charge is 1.99. The lowest BCUT2D eigenvalue weighted by Gasteiger charge is -1.88. The maximum atomic E-state index is 9.81. The second-order valence-electron chi connectivity index (χ2n) is 1.21. The van der Waals surface area contributed by atoms with Crippen molar-refractivity contribution in [1.29, 1.82) is 0 Å². The van der Waals surface area contributed by atoms with E-state index >= 15 is 0 Å². The van der Waals surface area contributed by atoms with Crippen LogP contribution in [0.3, 0.4) is 0 Å². The molecule has 0 saturated carbocycles. The van der Waals surface area contributed by atoms with Crippen LogP contribution < -0.4 is 4.74 Å². The number of carbonyl (C=O) groups is 1. The summed E-state index contributed by atoms with van der Waals surface area (Å²) in [6, 6.07) is 1.48. The Morgan fingerprint density at radius 1 is 1.89 bits per heavy atom. The molecule has 1 heterocycles. The summed E-state index contributed by atoms with van der Waals surface area (Å²) in [5, 5.41) is 9.66. The minimum absolute atomic E-state index is 0.132. The van der Waals surface area contributed by atoms with Crippen molar-refractivity contribution in [1.82, 2.24) is 4.37 Å². The fourth-order valence-electron chi connectivity index (χ4n) is 0.344. The Labute approximate surface area is 54.9 Å². The largest absolute Gasteiger partial charge is 0.512 e. The quantitative estimate of drug-likeness (QED) is 0.603. The molecular weight excluding hydrogens is 142 g/mol. The van der Waals surface area contributed by atoms with Gasteiger partial charge < -0.3 is 9.84 Å². The first-order chi connectivity index (χ1) is 4.29. The first-order valence-electron chi connectivity index (χ1n) is 2.10. The standard InChI is InChI=1S/C4H3NO3S/c6-4(7)8-3-1-2-9-5-3/h1-2H,(H,6,7). The molecule has 5 heteroatoms. The molecule has 1 N–H and O–H groups in total. The highest BCUT2D eigenvalue weighted by Crippen LogP contribution is 2.07. The minimum atomic E-state index is -1.33. The van der Waals surface area contributed by atoms with Crippen molar-refractivity contribution in [2.45, 2.75) is 0 Å². The molecule has 0 amide bonds. The number of carboxylic acid groups (broad SMARTS) is 1. The van der Waals surface area contributed by atoms with Crippen LogP contribution in [-0.4, -0.2) is 15.6 Å². The lowest BCUT2D eigenvalue weighted by Crippen LogP contribution is -2.02. The van der Waals surface area contributed by atoms with Crippen LogP contribution in [0, 0.1) is 0 Å². The van der Waals surface area contributed by atoms with E-state index in [-0.39, 0.29) is 5.88 Å². The Morgan fingerprint density at radius 2 is 2.67 bits per heavy atom. The van der Waals surface area contributed by atoms with Gasteiger partial charge in [-0.05, 0) is 11.5 Å². The predicted molar refractivity (Wildman–Crippen MR) is 30.8 cm³/mol. The van der Waals surface area contributed by atoms with E-state index < -0.39 is 6.16 Å². The summed E-state index contributed by atoms with van der Waals surface area (Å²) >= 11 is 1.14. The molecule has 1 aromatic rings. The summed E-state index contributed by atoms with van der Waals surface area (Å²) in [6.07, 6.45) is -1.33. The third kappa shape index (κ3) is 1.69. The minimum Gasteiger partial charge on any atom is -0.449 e. The fourth-order valence-corrected chi connectivity index (χ4v) is 0.784. The fraction of sp³-hybridized carbons (Fsp3) is 0. The normalized spacial score (nSPS) is 8.89. The van der Waals surface area contributed by atoms with Gasteiger partial charge in [0.2, 0.25) is 5.88 Å². The van der Waals surface area contributed by atoms with E-state index in [2.05, 4.69) is 9.11 Å². The second-order valence-corrected chi connectivity index (χ2v) is 1.87. The van der Waals surface area contributed by atoms with Crippen LogP contribution in [0.1, 0.15) is 0 Å². The first kappa shape index (κ1) is 6.03. The van der Waals surface area contributed by atoms with Crippen LogP contribution in [0.2, 0.25) is 0 Å². The molecule has 1 aromatic heterocycles. The SMILES string of the molecule is O=C(O)Oc1ccsn1. The number of ether oxygens (including phenoxy) is 1. The molecule has 0 spiro atoms. The zero-order valence-electron chi connectivity index (χ0n) is 4.27. The molecular formula is C4H3NO3S. The average molecular weight is 145 g/mol. The lowest BCUT2D eigenvalue weighted by atomic mass is 10.7. The van der Waals surface area contributed by atoms with Gasteiger partial charge in [-0.3, -0.25) is 0 Å². The van der Waals surface area contributed by atoms with Gasteiger partial charge in [0.15, 0.2) is 0 Å². The van der Waals surface area contributed by atoms with Crippen LogP contribution in [0.15, 0.2) is 11.4 Å². The van der Waals surface area contributed by atoms with E-state index in [9.17, 15) is 4.79 Å². The molecule has 0 bridgehead atoms. The molecule has 0 fully saturated rings. The van der Waals surface area contributed by atoms with E-state index in [0.717, 1.165) is 11.5 Å². The highest BCUT2D eigenvalue weighted by atomic mass is 32.1. The number of hydrogen-bond donors (Lipinski definition) is 1. The predicted octanol–water partition coefficient (Wildman–Crippen LogP) is 1.20. The molecule has 0 aliphatic carbocycles. The van der Waals surface area contributed by atoms with Gasteiger partial charge in [-0.25, -0.2) is 4.79 Å². The van der Waals surface area contributed by atoms with E-state index in [1.165, 1.54) is 6.07 Å². The summed E-state index contributed by atoms with van der Waals surface area (Å²) in [7, 11) is 0. The summed E-state index contributed by atoms with van der Waals surface area (Å²) in [4.78, 5) is 9.81. The van der Waals surface area contributed by atoms with Gasteiger partial charge in [-0.15, -0.1) is 0 Å². The van der Waals surface area contributed by atoms with Gasteiger partial charge in [-0.1, -0.05) is 0 Å². The summed E-state index contributed by atoms with van der Waals surface area (Å²) < 4.78 is 7.77.